The van der Waals surface area contributed by atoms with Crippen LogP contribution in [0.25, 0.3) is 0 Å². The molecule has 2 nitrogen and oxygen atoms in total. The molecule has 0 amide bonds. The van der Waals surface area contributed by atoms with E-state index in [1.165, 1.54) is 6.08 Å². The van der Waals surface area contributed by atoms with Crippen LogP contribution < -0.4 is 0 Å². The summed E-state index contributed by atoms with van der Waals surface area (Å²) in [6.45, 7) is 12.1. The van der Waals surface area contributed by atoms with Gasteiger partial charge in [-0.15, -0.1) is 0 Å². The fourth-order valence-electron chi connectivity index (χ4n) is 2.94. The normalized spacial score (nSPS) is 16.4. The largest absolute Gasteiger partial charge is 0.394 e. The van der Waals surface area contributed by atoms with Crippen molar-refractivity contribution in [3.05, 3.63) is 90.9 Å². The third-order valence-corrected chi connectivity index (χ3v) is 3.82. The van der Waals surface area contributed by atoms with Gasteiger partial charge in [0.25, 0.3) is 0 Å². The average Bonchev–Trinajstić information content (AvgIpc) is 3.23. The number of allylic oxidation sites excluding steroid dienone is 10. The van der Waals surface area contributed by atoms with E-state index in [4.69, 9.17) is 13.2 Å². The Morgan fingerprint density at radius 3 is 2.19 bits per heavy atom. The van der Waals surface area contributed by atoms with Gasteiger partial charge in [-0.1, -0.05) is 36.5 Å². The maximum Gasteiger partial charge on any atom is 0.0489 e. The van der Waals surface area contributed by atoms with E-state index in [2.05, 4.69) is 41.6 Å². The van der Waals surface area contributed by atoms with E-state index in [0.717, 1.165) is 24.0 Å². The standard InChI is InChI=1S/C18H16N2.Y/c1-3-15(2)18(16-9-4-5-10-16,17-11-6-7-12-17)20-14-8-13-19-20;/h1-4,6,8-14H,5,7H2;/q-2;. The van der Waals surface area contributed by atoms with Crippen LogP contribution in [0.2, 0.25) is 0 Å². The van der Waals surface area contributed by atoms with Gasteiger partial charge >= 0.3 is 0 Å². The Hall–Kier alpha value is -1.25. The van der Waals surface area contributed by atoms with E-state index in [9.17, 15) is 0 Å². The van der Waals surface area contributed by atoms with Gasteiger partial charge in [-0.3, -0.25) is 4.68 Å². The van der Waals surface area contributed by atoms with Gasteiger partial charge in [0.1, 0.15) is 0 Å². The second kappa shape index (κ2) is 6.68. The molecule has 0 saturated carbocycles. The monoisotopic (exact) mass is 349 g/mol. The number of rotatable bonds is 5. The van der Waals surface area contributed by atoms with E-state index in [1.54, 1.807) is 6.20 Å². The zero-order chi connectivity index (χ0) is 14.0. The van der Waals surface area contributed by atoms with Crippen molar-refractivity contribution >= 4 is 0 Å². The Morgan fingerprint density at radius 1 is 1.19 bits per heavy atom. The topological polar surface area (TPSA) is 17.8 Å². The molecule has 0 N–H and O–H groups in total. The minimum absolute atomic E-state index is 0. The molecule has 1 aromatic heterocycles. The number of hydrogen-bond donors (Lipinski definition) is 0. The Bertz CT molecular complexity index is 627. The van der Waals surface area contributed by atoms with Crippen LogP contribution in [-0.4, -0.2) is 9.78 Å². The summed E-state index contributed by atoms with van der Waals surface area (Å²) >= 11 is 0. The Labute approximate surface area is 151 Å². The third-order valence-electron chi connectivity index (χ3n) is 3.82. The van der Waals surface area contributed by atoms with E-state index < -0.39 is 5.54 Å². The number of nitrogens with zero attached hydrogens (tertiary/aromatic N) is 2. The van der Waals surface area contributed by atoms with Crippen LogP contribution in [0.4, 0.5) is 0 Å². The molecule has 103 valence electrons. The van der Waals surface area contributed by atoms with Crippen LogP contribution in [-0.2, 0) is 38.2 Å². The first-order chi connectivity index (χ1) is 9.80. The van der Waals surface area contributed by atoms with Crippen LogP contribution in [0.15, 0.2) is 77.7 Å². The van der Waals surface area contributed by atoms with Crippen LogP contribution in [0, 0.1) is 13.2 Å². The smallest absolute Gasteiger partial charge is 0.0489 e. The van der Waals surface area contributed by atoms with E-state index >= 15 is 0 Å². The van der Waals surface area contributed by atoms with Crippen LogP contribution in [0.5, 0.6) is 0 Å². The molecule has 21 heavy (non-hydrogen) atoms. The molecule has 0 aromatic carbocycles. The fourth-order valence-corrected chi connectivity index (χ4v) is 2.94. The van der Waals surface area contributed by atoms with Gasteiger partial charge in [0.2, 0.25) is 0 Å². The molecule has 0 fully saturated rings. The summed E-state index contributed by atoms with van der Waals surface area (Å²) < 4.78 is 1.88. The van der Waals surface area contributed by atoms with Crippen LogP contribution in [0.3, 0.4) is 0 Å². The summed E-state index contributed by atoms with van der Waals surface area (Å²) in [5, 5.41) is 4.44. The Balaban J connectivity index is 0.00000161. The molecule has 3 rings (SSSR count). The molecule has 0 saturated heterocycles. The SMILES string of the molecule is [CH-]=CC(=[CH-])C(C1=CCC=C1)(C1=CCC=C1)n1cccn1.[Y]. The van der Waals surface area contributed by atoms with Crippen molar-refractivity contribution in [2.24, 2.45) is 0 Å². The maximum atomic E-state index is 6.33. The predicted octanol–water partition coefficient (Wildman–Crippen LogP) is 3.70. The fraction of sp³-hybridized carbons (Fsp3) is 0.167. The molecular formula is C18H16N2Y-2. The van der Waals surface area contributed by atoms with Crippen molar-refractivity contribution < 1.29 is 32.7 Å². The van der Waals surface area contributed by atoms with Crippen LogP contribution in [0.1, 0.15) is 12.8 Å². The van der Waals surface area contributed by atoms with E-state index in [1.807, 2.05) is 16.9 Å². The molecule has 2 aliphatic carbocycles. The van der Waals surface area contributed by atoms with Gasteiger partial charge in [0.15, 0.2) is 0 Å². The molecule has 1 aromatic rings. The van der Waals surface area contributed by atoms with Gasteiger partial charge in [0.05, 0.1) is 0 Å². The molecule has 0 bridgehead atoms. The zero-order valence-electron chi connectivity index (χ0n) is 11.8. The molecule has 0 unspecified atom stereocenters. The molecule has 3 heteroatoms. The zero-order valence-corrected chi connectivity index (χ0v) is 14.7. The third kappa shape index (κ3) is 2.51. The van der Waals surface area contributed by atoms with Gasteiger partial charge in [-0.25, -0.2) is 0 Å². The summed E-state index contributed by atoms with van der Waals surface area (Å²) in [6.07, 6.45) is 19.8. The molecular weight excluding hydrogens is 333 g/mol. The van der Waals surface area contributed by atoms with Crippen molar-refractivity contribution in [3.63, 3.8) is 0 Å². The summed E-state index contributed by atoms with van der Waals surface area (Å²) in [5.41, 5.74) is 2.16. The van der Waals surface area contributed by atoms with Crippen molar-refractivity contribution in [1.29, 1.82) is 0 Å². The van der Waals surface area contributed by atoms with E-state index in [0.29, 0.717) is 5.57 Å². The Morgan fingerprint density at radius 2 is 1.81 bits per heavy atom. The first-order valence-corrected chi connectivity index (χ1v) is 6.72. The summed E-state index contributed by atoms with van der Waals surface area (Å²) in [4.78, 5) is 0. The maximum absolute atomic E-state index is 6.33. The second-order valence-electron chi connectivity index (χ2n) is 4.88. The minimum Gasteiger partial charge on any atom is -0.394 e. The quantitative estimate of drug-likeness (QED) is 0.586. The van der Waals surface area contributed by atoms with Crippen molar-refractivity contribution in [2.75, 3.05) is 0 Å². The van der Waals surface area contributed by atoms with Gasteiger partial charge in [-0.2, -0.15) is 5.10 Å². The first-order valence-electron chi connectivity index (χ1n) is 6.72. The molecule has 1 heterocycles. The molecule has 2 aliphatic rings. The minimum atomic E-state index is -0.641. The van der Waals surface area contributed by atoms with Gasteiger partial charge < -0.3 is 24.8 Å². The summed E-state index contributed by atoms with van der Waals surface area (Å²) in [5.74, 6) is 0. The van der Waals surface area contributed by atoms with Crippen molar-refractivity contribution in [1.82, 2.24) is 9.78 Å². The Kier molecular flexibility index (Phi) is 5.13. The van der Waals surface area contributed by atoms with Gasteiger partial charge in [0, 0.05) is 50.6 Å². The van der Waals surface area contributed by atoms with E-state index in [-0.39, 0.29) is 32.7 Å². The van der Waals surface area contributed by atoms with Crippen LogP contribution >= 0.6 is 0 Å². The molecule has 0 spiro atoms. The molecule has 0 aliphatic heterocycles. The van der Waals surface area contributed by atoms with Crippen molar-refractivity contribution in [3.8, 4) is 0 Å². The average molecular weight is 349 g/mol. The van der Waals surface area contributed by atoms with Gasteiger partial charge in [-0.05, 0) is 30.1 Å². The number of aromatic nitrogens is 2. The molecule has 0 atom stereocenters. The molecule has 1 radical (unpaired) electrons. The predicted molar refractivity (Wildman–Crippen MR) is 80.6 cm³/mol. The second-order valence-corrected chi connectivity index (χ2v) is 4.88. The first kappa shape index (κ1) is 16.1. The van der Waals surface area contributed by atoms with Crippen molar-refractivity contribution in [2.45, 2.75) is 18.4 Å². The number of hydrogen-bond acceptors (Lipinski definition) is 1. The summed E-state index contributed by atoms with van der Waals surface area (Å²) in [7, 11) is 0. The summed E-state index contributed by atoms with van der Waals surface area (Å²) in [6, 6.07) is 1.90.